The van der Waals surface area contributed by atoms with E-state index in [2.05, 4.69) is 108 Å². The van der Waals surface area contributed by atoms with Crippen molar-refractivity contribution in [1.82, 2.24) is 0 Å². The number of anilines is 2. The number of nitrogens with one attached hydrogen (secondary N) is 1. The van der Waals surface area contributed by atoms with Crippen LogP contribution in [0.4, 0.5) is 11.4 Å². The Hall–Kier alpha value is -3.84. The van der Waals surface area contributed by atoms with Gasteiger partial charge in [-0.2, -0.15) is 0 Å². The molecule has 0 heterocycles. The Morgan fingerprint density at radius 3 is 1.83 bits per heavy atom. The van der Waals surface area contributed by atoms with Gasteiger partial charge in [-0.25, -0.2) is 0 Å². The summed E-state index contributed by atoms with van der Waals surface area (Å²) in [6.45, 7) is 0. The minimum atomic E-state index is 1.09. The molecule has 5 aromatic carbocycles. The topological polar surface area (TPSA) is 12.0 Å². The minimum absolute atomic E-state index is 1.09. The highest BCUT2D eigenvalue weighted by Gasteiger charge is 2.06. The molecule has 0 aromatic heterocycles. The molecule has 0 aliphatic carbocycles. The molecule has 0 unspecified atom stereocenters. The van der Waals surface area contributed by atoms with Crippen LogP contribution in [0.1, 0.15) is 0 Å². The quantitative estimate of drug-likeness (QED) is 0.338. The van der Waals surface area contributed by atoms with Gasteiger partial charge in [0.2, 0.25) is 0 Å². The highest BCUT2D eigenvalue weighted by atomic mass is 14.9. The molecule has 5 rings (SSSR count). The average Bonchev–Trinajstić information content (AvgIpc) is 2.80. The largest absolute Gasteiger partial charge is 0.356 e. The highest BCUT2D eigenvalue weighted by Crippen LogP contribution is 2.33. The molecule has 1 nitrogen and oxygen atoms in total. The van der Waals surface area contributed by atoms with Crippen LogP contribution in [0, 0.1) is 0 Å². The Kier molecular flexibility index (Phi) is 4.56. The van der Waals surface area contributed by atoms with Crippen LogP contribution >= 0.6 is 0 Å². The molecule has 0 saturated heterocycles. The minimum Gasteiger partial charge on any atom is -0.356 e. The van der Waals surface area contributed by atoms with Gasteiger partial charge in [-0.15, -0.1) is 0 Å². The summed E-state index contributed by atoms with van der Waals surface area (Å²) in [5.74, 6) is 0. The first-order valence-corrected chi connectivity index (χ1v) is 9.87. The van der Waals surface area contributed by atoms with E-state index in [1.54, 1.807) is 0 Å². The Labute approximate surface area is 171 Å². The second kappa shape index (κ2) is 7.65. The van der Waals surface area contributed by atoms with Crippen molar-refractivity contribution in [1.29, 1.82) is 0 Å². The zero-order valence-electron chi connectivity index (χ0n) is 16.0. The lowest BCUT2D eigenvalue weighted by Gasteiger charge is -2.11. The first kappa shape index (κ1) is 17.3. The first-order valence-electron chi connectivity index (χ1n) is 9.87. The van der Waals surface area contributed by atoms with E-state index in [1.165, 1.54) is 33.0 Å². The zero-order chi connectivity index (χ0) is 19.5. The predicted molar refractivity (Wildman–Crippen MR) is 125 cm³/mol. The molecular weight excluding hydrogens is 350 g/mol. The summed E-state index contributed by atoms with van der Waals surface area (Å²) in [4.78, 5) is 0. The molecule has 0 fully saturated rings. The van der Waals surface area contributed by atoms with Crippen LogP contribution in [0.5, 0.6) is 0 Å². The average molecular weight is 371 g/mol. The summed E-state index contributed by atoms with van der Waals surface area (Å²) in [7, 11) is 0. The third-order valence-electron chi connectivity index (χ3n) is 5.25. The summed E-state index contributed by atoms with van der Waals surface area (Å²) < 4.78 is 0. The Morgan fingerprint density at radius 2 is 1.07 bits per heavy atom. The molecule has 1 N–H and O–H groups in total. The van der Waals surface area contributed by atoms with Gasteiger partial charge in [0.05, 0.1) is 0 Å². The number of hydrogen-bond donors (Lipinski definition) is 1. The van der Waals surface area contributed by atoms with Gasteiger partial charge in [-0.3, -0.25) is 0 Å². The van der Waals surface area contributed by atoms with Crippen molar-refractivity contribution in [2.75, 3.05) is 5.32 Å². The number of benzene rings is 5. The van der Waals surface area contributed by atoms with E-state index < -0.39 is 0 Å². The zero-order valence-corrected chi connectivity index (χ0v) is 16.0. The lowest BCUT2D eigenvalue weighted by Crippen LogP contribution is -1.89. The van der Waals surface area contributed by atoms with Crippen LogP contribution in [-0.4, -0.2) is 0 Å². The summed E-state index contributed by atoms with van der Waals surface area (Å²) in [6, 6.07) is 42.7. The molecule has 29 heavy (non-hydrogen) atoms. The fraction of sp³-hybridized carbons (Fsp3) is 0. The van der Waals surface area contributed by atoms with Crippen molar-refractivity contribution in [2.45, 2.75) is 0 Å². The van der Waals surface area contributed by atoms with Crippen molar-refractivity contribution >= 4 is 22.1 Å². The summed E-state index contributed by atoms with van der Waals surface area (Å²) in [5.41, 5.74) is 7.15. The van der Waals surface area contributed by atoms with Crippen LogP contribution in [-0.2, 0) is 0 Å². The lowest BCUT2D eigenvalue weighted by molar-refractivity contribution is 1.55. The lowest BCUT2D eigenvalue weighted by atomic mass is 9.95. The number of rotatable bonds is 4. The molecule has 0 bridgehead atoms. The van der Waals surface area contributed by atoms with E-state index in [0.29, 0.717) is 0 Å². The van der Waals surface area contributed by atoms with E-state index >= 15 is 0 Å². The molecule has 0 saturated carbocycles. The second-order valence-corrected chi connectivity index (χ2v) is 7.18. The molecular formula is C28H21N. The molecule has 0 aliphatic heterocycles. The van der Waals surface area contributed by atoms with Crippen LogP contribution in [0.15, 0.2) is 121 Å². The summed E-state index contributed by atoms with van der Waals surface area (Å²) in [5, 5.41) is 5.98. The molecule has 0 atom stereocenters. The smallest absolute Gasteiger partial charge is 0.0384 e. The van der Waals surface area contributed by atoms with Gasteiger partial charge in [0.1, 0.15) is 0 Å². The van der Waals surface area contributed by atoms with Gasteiger partial charge < -0.3 is 5.32 Å². The van der Waals surface area contributed by atoms with Crippen LogP contribution in [0.25, 0.3) is 33.0 Å². The Bertz CT molecular complexity index is 1240. The van der Waals surface area contributed by atoms with Gasteiger partial charge in [-0.05, 0) is 63.4 Å². The van der Waals surface area contributed by atoms with Crippen LogP contribution in [0.3, 0.4) is 0 Å². The van der Waals surface area contributed by atoms with Gasteiger partial charge in [0.25, 0.3) is 0 Å². The molecule has 1 heteroatoms. The van der Waals surface area contributed by atoms with Crippen LogP contribution in [0.2, 0.25) is 0 Å². The highest BCUT2D eigenvalue weighted by molar-refractivity contribution is 5.99. The van der Waals surface area contributed by atoms with E-state index in [1.807, 2.05) is 18.2 Å². The van der Waals surface area contributed by atoms with Crippen LogP contribution < -0.4 is 5.32 Å². The van der Waals surface area contributed by atoms with Crippen molar-refractivity contribution in [2.24, 2.45) is 0 Å². The van der Waals surface area contributed by atoms with E-state index in [-0.39, 0.29) is 0 Å². The van der Waals surface area contributed by atoms with Gasteiger partial charge in [0, 0.05) is 11.4 Å². The summed E-state index contributed by atoms with van der Waals surface area (Å²) in [6.07, 6.45) is 0. The normalized spacial score (nSPS) is 10.8. The maximum absolute atomic E-state index is 3.45. The van der Waals surface area contributed by atoms with E-state index in [9.17, 15) is 0 Å². The van der Waals surface area contributed by atoms with Crippen molar-refractivity contribution in [3.05, 3.63) is 121 Å². The molecule has 5 aromatic rings. The first-order chi connectivity index (χ1) is 14.4. The monoisotopic (exact) mass is 371 g/mol. The SMILES string of the molecule is c1ccc(Nc2ccc(-c3cccc4ccc(-c5ccccc5)cc34)cc2)cc1. The van der Waals surface area contributed by atoms with Crippen molar-refractivity contribution in [3.8, 4) is 22.3 Å². The molecule has 0 radical (unpaired) electrons. The fourth-order valence-electron chi connectivity index (χ4n) is 3.76. The van der Waals surface area contributed by atoms with Crippen molar-refractivity contribution in [3.63, 3.8) is 0 Å². The molecule has 0 aliphatic rings. The number of hydrogen-bond acceptors (Lipinski definition) is 1. The van der Waals surface area contributed by atoms with Gasteiger partial charge >= 0.3 is 0 Å². The fourth-order valence-corrected chi connectivity index (χ4v) is 3.76. The maximum atomic E-state index is 3.45. The van der Waals surface area contributed by atoms with Crippen molar-refractivity contribution < 1.29 is 0 Å². The molecule has 0 amide bonds. The third kappa shape index (κ3) is 3.63. The standard InChI is InChI=1S/C28H21N/c1-3-8-21(9-4-1)24-15-14-22-10-7-13-27(28(22)20-24)23-16-18-26(19-17-23)29-25-11-5-2-6-12-25/h1-20,29H. The van der Waals surface area contributed by atoms with E-state index in [0.717, 1.165) is 11.4 Å². The third-order valence-corrected chi connectivity index (χ3v) is 5.25. The van der Waals surface area contributed by atoms with Gasteiger partial charge in [-0.1, -0.05) is 91.0 Å². The molecule has 138 valence electrons. The van der Waals surface area contributed by atoms with Gasteiger partial charge in [0.15, 0.2) is 0 Å². The maximum Gasteiger partial charge on any atom is 0.0384 e. The Morgan fingerprint density at radius 1 is 0.414 bits per heavy atom. The number of fused-ring (bicyclic) bond motifs is 1. The molecule has 0 spiro atoms. The Balaban J connectivity index is 1.52. The number of para-hydroxylation sites is 1. The predicted octanol–water partition coefficient (Wildman–Crippen LogP) is 7.92. The second-order valence-electron chi connectivity index (χ2n) is 7.18. The summed E-state index contributed by atoms with van der Waals surface area (Å²) >= 11 is 0. The van der Waals surface area contributed by atoms with E-state index in [4.69, 9.17) is 0 Å².